The summed E-state index contributed by atoms with van der Waals surface area (Å²) in [5.74, 6) is 1.38. The van der Waals surface area contributed by atoms with Gasteiger partial charge in [0.15, 0.2) is 5.82 Å². The summed E-state index contributed by atoms with van der Waals surface area (Å²) in [4.78, 5) is 23.5. The number of nitrogens with zero attached hydrogens (tertiary/aromatic N) is 3. The van der Waals surface area contributed by atoms with Gasteiger partial charge < -0.3 is 25.6 Å². The van der Waals surface area contributed by atoms with Crippen LogP contribution in [0.2, 0.25) is 5.02 Å². The molecule has 0 aliphatic carbocycles. The number of benzene rings is 2. The lowest BCUT2D eigenvalue weighted by atomic mass is 9.78. The highest BCUT2D eigenvalue weighted by atomic mass is 35.5. The van der Waals surface area contributed by atoms with Crippen molar-refractivity contribution < 1.29 is 9.53 Å². The monoisotopic (exact) mass is 478 g/mol. The molecular weight excluding hydrogens is 452 g/mol. The number of anilines is 4. The Bertz CT molecular complexity index is 1290. The minimum Gasteiger partial charge on any atom is -0.495 e. The number of nitrogens with one attached hydrogen (secondary N) is 3. The van der Waals surface area contributed by atoms with Gasteiger partial charge in [0.1, 0.15) is 10.8 Å². The van der Waals surface area contributed by atoms with E-state index >= 15 is 0 Å². The summed E-state index contributed by atoms with van der Waals surface area (Å²) in [7, 11) is 3.79. The Morgan fingerprint density at radius 3 is 2.79 bits per heavy atom. The molecule has 0 bridgehead atoms. The molecule has 3 N–H and O–H groups in total. The Kier molecular flexibility index (Phi) is 5.58. The van der Waals surface area contributed by atoms with Crippen LogP contribution in [0, 0.1) is 0 Å². The standard InChI is InChI=1S/C25H27ClN6O2/c1-25(2)13-32(3)12-15-8-19(20(34-4)9-16(15)25)30-24-28-11-17(26)22(31-24)29-18-7-5-6-14-10-27-23(33)21(14)18/h5-9,11H,10,12-13H2,1-4H3,(H,27,33)(H2,28,29,30,31). The lowest BCUT2D eigenvalue weighted by Gasteiger charge is -2.38. The Balaban J connectivity index is 1.47. The van der Waals surface area contributed by atoms with Gasteiger partial charge in [-0.25, -0.2) is 4.98 Å². The normalized spacial score (nSPS) is 16.4. The highest BCUT2D eigenvalue weighted by Gasteiger charge is 2.31. The van der Waals surface area contributed by atoms with E-state index in [0.29, 0.717) is 34.6 Å². The van der Waals surface area contributed by atoms with Crippen LogP contribution in [0.4, 0.5) is 23.1 Å². The van der Waals surface area contributed by atoms with Crippen molar-refractivity contribution in [2.75, 3.05) is 31.3 Å². The molecule has 1 amide bonds. The summed E-state index contributed by atoms with van der Waals surface area (Å²) in [6.45, 7) is 6.83. The van der Waals surface area contributed by atoms with Crippen molar-refractivity contribution in [3.63, 3.8) is 0 Å². The molecule has 5 rings (SSSR count). The third-order valence-electron chi connectivity index (χ3n) is 6.32. The second kappa shape index (κ2) is 8.45. The van der Waals surface area contributed by atoms with Gasteiger partial charge in [-0.15, -0.1) is 0 Å². The van der Waals surface area contributed by atoms with Crippen molar-refractivity contribution in [1.82, 2.24) is 20.2 Å². The predicted molar refractivity (Wildman–Crippen MR) is 134 cm³/mol. The van der Waals surface area contributed by atoms with E-state index in [9.17, 15) is 4.79 Å². The maximum atomic E-state index is 12.3. The zero-order valence-electron chi connectivity index (χ0n) is 19.6. The number of hydrogen-bond acceptors (Lipinski definition) is 7. The zero-order chi connectivity index (χ0) is 24.0. The van der Waals surface area contributed by atoms with Crippen LogP contribution in [0.15, 0.2) is 36.5 Å². The van der Waals surface area contributed by atoms with E-state index in [1.54, 1.807) is 7.11 Å². The van der Waals surface area contributed by atoms with E-state index in [0.717, 1.165) is 30.1 Å². The average Bonchev–Trinajstić information content (AvgIpc) is 3.17. The van der Waals surface area contributed by atoms with Crippen molar-refractivity contribution in [1.29, 1.82) is 0 Å². The largest absolute Gasteiger partial charge is 0.495 e. The Morgan fingerprint density at radius 1 is 1.18 bits per heavy atom. The van der Waals surface area contributed by atoms with E-state index in [1.165, 1.54) is 17.3 Å². The molecule has 1 aromatic heterocycles. The fraction of sp³-hybridized carbons (Fsp3) is 0.320. The SMILES string of the molecule is COc1cc2c(cc1Nc1ncc(Cl)c(Nc3cccc4c3C(=O)NC4)n1)CN(C)CC2(C)C. The molecule has 2 aliphatic rings. The minimum atomic E-state index is -0.117. The van der Waals surface area contributed by atoms with Crippen molar-refractivity contribution >= 4 is 40.6 Å². The molecule has 0 radical (unpaired) electrons. The summed E-state index contributed by atoms with van der Waals surface area (Å²) in [6, 6.07) is 9.86. The van der Waals surface area contributed by atoms with Crippen LogP contribution in [0.5, 0.6) is 5.75 Å². The molecule has 9 heteroatoms. The summed E-state index contributed by atoms with van der Waals surface area (Å²) in [6.07, 6.45) is 1.53. The molecule has 176 valence electrons. The quantitative estimate of drug-likeness (QED) is 0.494. The van der Waals surface area contributed by atoms with E-state index in [-0.39, 0.29) is 11.3 Å². The van der Waals surface area contributed by atoms with Crippen LogP contribution in [0.25, 0.3) is 0 Å². The molecule has 0 fully saturated rings. The predicted octanol–water partition coefficient (Wildman–Crippen LogP) is 4.59. The van der Waals surface area contributed by atoms with Gasteiger partial charge in [0.05, 0.1) is 30.2 Å². The van der Waals surface area contributed by atoms with Gasteiger partial charge >= 0.3 is 0 Å². The number of fused-ring (bicyclic) bond motifs is 2. The van der Waals surface area contributed by atoms with E-state index < -0.39 is 0 Å². The molecule has 0 saturated heterocycles. The Morgan fingerprint density at radius 2 is 2.00 bits per heavy atom. The molecule has 2 aliphatic heterocycles. The summed E-state index contributed by atoms with van der Waals surface area (Å²) < 4.78 is 5.70. The number of methoxy groups -OCH3 is 1. The smallest absolute Gasteiger partial charge is 0.254 e. The summed E-state index contributed by atoms with van der Waals surface area (Å²) >= 11 is 6.39. The van der Waals surface area contributed by atoms with Gasteiger partial charge in [-0.3, -0.25) is 4.79 Å². The van der Waals surface area contributed by atoms with Gasteiger partial charge in [-0.1, -0.05) is 37.6 Å². The molecule has 0 spiro atoms. The molecule has 0 atom stereocenters. The topological polar surface area (TPSA) is 91.4 Å². The number of likely N-dealkylation sites (N-methyl/N-ethyl adjacent to an activating group) is 1. The molecular formula is C25H27ClN6O2. The second-order valence-corrected chi connectivity index (χ2v) is 9.84. The molecule has 8 nitrogen and oxygen atoms in total. The van der Waals surface area contributed by atoms with Crippen LogP contribution < -0.4 is 20.7 Å². The fourth-order valence-corrected chi connectivity index (χ4v) is 5.04. The summed E-state index contributed by atoms with van der Waals surface area (Å²) in [5.41, 5.74) is 5.50. The third kappa shape index (κ3) is 4.03. The Hall–Kier alpha value is -3.36. The molecule has 0 saturated carbocycles. The second-order valence-electron chi connectivity index (χ2n) is 9.43. The van der Waals surface area contributed by atoms with E-state index in [1.807, 2.05) is 18.2 Å². The average molecular weight is 479 g/mol. The van der Waals surface area contributed by atoms with Crippen LogP contribution >= 0.6 is 11.6 Å². The van der Waals surface area contributed by atoms with Gasteiger partial charge in [0.25, 0.3) is 5.91 Å². The highest BCUT2D eigenvalue weighted by Crippen LogP contribution is 2.40. The summed E-state index contributed by atoms with van der Waals surface area (Å²) in [5, 5.41) is 9.68. The third-order valence-corrected chi connectivity index (χ3v) is 6.60. The molecule has 2 aromatic carbocycles. The first-order valence-corrected chi connectivity index (χ1v) is 11.5. The van der Waals surface area contributed by atoms with E-state index in [2.05, 4.69) is 63.8 Å². The number of carbonyl (C=O) groups is 1. The van der Waals surface area contributed by atoms with Crippen molar-refractivity contribution in [2.24, 2.45) is 0 Å². The van der Waals surface area contributed by atoms with Crippen LogP contribution in [0.3, 0.4) is 0 Å². The van der Waals surface area contributed by atoms with Crippen molar-refractivity contribution in [2.45, 2.75) is 32.4 Å². The highest BCUT2D eigenvalue weighted by molar-refractivity contribution is 6.33. The number of amides is 1. The van der Waals surface area contributed by atoms with Crippen LogP contribution in [-0.2, 0) is 18.5 Å². The first-order valence-electron chi connectivity index (χ1n) is 11.1. The number of carbonyl (C=O) groups excluding carboxylic acids is 1. The zero-order valence-corrected chi connectivity index (χ0v) is 20.4. The van der Waals surface area contributed by atoms with Gasteiger partial charge in [-0.2, -0.15) is 4.98 Å². The van der Waals surface area contributed by atoms with Gasteiger partial charge in [0.2, 0.25) is 5.95 Å². The molecule has 3 heterocycles. The minimum absolute atomic E-state index is 0.0181. The number of ether oxygens (including phenoxy) is 1. The first kappa shape index (κ1) is 22.4. The van der Waals surface area contributed by atoms with Crippen molar-refractivity contribution in [3.8, 4) is 5.75 Å². The molecule has 3 aromatic rings. The maximum absolute atomic E-state index is 12.3. The van der Waals surface area contributed by atoms with Crippen LogP contribution in [0.1, 0.15) is 40.9 Å². The lowest BCUT2D eigenvalue weighted by molar-refractivity contribution is 0.0966. The fourth-order valence-electron chi connectivity index (χ4n) is 4.91. The molecule has 34 heavy (non-hydrogen) atoms. The number of aromatic nitrogens is 2. The number of hydrogen-bond donors (Lipinski definition) is 3. The van der Waals surface area contributed by atoms with Crippen molar-refractivity contribution in [3.05, 3.63) is 63.8 Å². The maximum Gasteiger partial charge on any atom is 0.254 e. The number of rotatable bonds is 5. The van der Waals surface area contributed by atoms with Crippen LogP contribution in [-0.4, -0.2) is 41.5 Å². The van der Waals surface area contributed by atoms with Gasteiger partial charge in [0, 0.05) is 25.0 Å². The Labute approximate surface area is 203 Å². The molecule has 0 unspecified atom stereocenters. The lowest BCUT2D eigenvalue weighted by Crippen LogP contribution is -2.39. The number of halogens is 1. The van der Waals surface area contributed by atoms with Gasteiger partial charge in [-0.05, 0) is 41.9 Å². The van der Waals surface area contributed by atoms with E-state index in [4.69, 9.17) is 16.3 Å². The first-order chi connectivity index (χ1) is 16.2.